The SMILES string of the molecule is Cc1nc(C2CC2)cc(C2CCCCN2)n1. The maximum atomic E-state index is 4.59. The van der Waals surface area contributed by atoms with Gasteiger partial charge in [0.25, 0.3) is 0 Å². The third-order valence-corrected chi connectivity index (χ3v) is 3.54. The Bertz CT molecular complexity index is 379. The van der Waals surface area contributed by atoms with Gasteiger partial charge in [-0.2, -0.15) is 0 Å². The number of nitrogens with one attached hydrogen (secondary N) is 1. The van der Waals surface area contributed by atoms with Gasteiger partial charge in [-0.25, -0.2) is 9.97 Å². The number of nitrogens with zero attached hydrogens (tertiary/aromatic N) is 2. The summed E-state index contributed by atoms with van der Waals surface area (Å²) in [6, 6.07) is 2.70. The van der Waals surface area contributed by atoms with E-state index in [1.54, 1.807) is 0 Å². The van der Waals surface area contributed by atoms with Crippen molar-refractivity contribution in [3.05, 3.63) is 23.3 Å². The Balaban J connectivity index is 1.86. The minimum absolute atomic E-state index is 0.466. The quantitative estimate of drug-likeness (QED) is 0.827. The van der Waals surface area contributed by atoms with Crippen molar-refractivity contribution in [1.82, 2.24) is 15.3 Å². The van der Waals surface area contributed by atoms with E-state index in [0.717, 1.165) is 18.3 Å². The molecular formula is C13H19N3. The van der Waals surface area contributed by atoms with Gasteiger partial charge in [0, 0.05) is 17.7 Å². The minimum atomic E-state index is 0.466. The fourth-order valence-corrected chi connectivity index (χ4v) is 2.49. The topological polar surface area (TPSA) is 37.8 Å². The summed E-state index contributed by atoms with van der Waals surface area (Å²) in [6.45, 7) is 3.14. The second-order valence-electron chi connectivity index (χ2n) is 5.04. The monoisotopic (exact) mass is 217 g/mol. The minimum Gasteiger partial charge on any atom is -0.309 e. The molecule has 3 nitrogen and oxygen atoms in total. The summed E-state index contributed by atoms with van der Waals surface area (Å²) in [5, 5.41) is 3.56. The van der Waals surface area contributed by atoms with Crippen molar-refractivity contribution < 1.29 is 0 Å². The van der Waals surface area contributed by atoms with Crippen LogP contribution in [0.1, 0.15) is 61.3 Å². The first-order valence-corrected chi connectivity index (χ1v) is 6.42. The summed E-state index contributed by atoms with van der Waals surface area (Å²) in [5.74, 6) is 1.66. The van der Waals surface area contributed by atoms with Crippen molar-refractivity contribution in [3.63, 3.8) is 0 Å². The van der Waals surface area contributed by atoms with Gasteiger partial charge in [0.15, 0.2) is 0 Å². The van der Waals surface area contributed by atoms with E-state index in [1.807, 2.05) is 6.92 Å². The van der Waals surface area contributed by atoms with Crippen LogP contribution < -0.4 is 5.32 Å². The number of rotatable bonds is 2. The second-order valence-corrected chi connectivity index (χ2v) is 5.04. The summed E-state index contributed by atoms with van der Waals surface area (Å²) in [7, 11) is 0. The molecule has 1 aliphatic heterocycles. The molecule has 2 fully saturated rings. The summed E-state index contributed by atoms with van der Waals surface area (Å²) in [6.07, 6.45) is 6.47. The number of aryl methyl sites for hydroxylation is 1. The molecule has 1 aromatic rings. The van der Waals surface area contributed by atoms with E-state index in [0.29, 0.717) is 6.04 Å². The van der Waals surface area contributed by atoms with Gasteiger partial charge in [-0.3, -0.25) is 0 Å². The van der Waals surface area contributed by atoms with Crippen molar-refractivity contribution in [2.45, 2.75) is 51.0 Å². The molecule has 3 rings (SSSR count). The van der Waals surface area contributed by atoms with E-state index in [2.05, 4.69) is 21.4 Å². The third kappa shape index (κ3) is 2.09. The molecule has 2 heterocycles. The first kappa shape index (κ1) is 10.2. The van der Waals surface area contributed by atoms with Gasteiger partial charge in [0.1, 0.15) is 5.82 Å². The lowest BCUT2D eigenvalue weighted by Crippen LogP contribution is -2.27. The summed E-state index contributed by atoms with van der Waals surface area (Å²) < 4.78 is 0. The highest BCUT2D eigenvalue weighted by molar-refractivity contribution is 5.21. The Kier molecular flexibility index (Phi) is 2.64. The maximum Gasteiger partial charge on any atom is 0.125 e. The fraction of sp³-hybridized carbons (Fsp3) is 0.692. The summed E-state index contributed by atoms with van der Waals surface area (Å²) >= 11 is 0. The average Bonchev–Trinajstić information content (AvgIpc) is 3.13. The predicted octanol–water partition coefficient (Wildman–Crippen LogP) is 2.48. The molecule has 1 N–H and O–H groups in total. The lowest BCUT2D eigenvalue weighted by molar-refractivity contribution is 0.404. The molecule has 1 aliphatic carbocycles. The van der Waals surface area contributed by atoms with Crippen molar-refractivity contribution in [2.24, 2.45) is 0 Å². The Morgan fingerprint density at radius 1 is 1.12 bits per heavy atom. The lowest BCUT2D eigenvalue weighted by Gasteiger charge is -2.23. The molecule has 1 saturated carbocycles. The molecule has 1 saturated heterocycles. The van der Waals surface area contributed by atoms with E-state index in [4.69, 9.17) is 0 Å². The van der Waals surface area contributed by atoms with Crippen LogP contribution in [0.25, 0.3) is 0 Å². The Morgan fingerprint density at radius 2 is 1.94 bits per heavy atom. The number of hydrogen-bond acceptors (Lipinski definition) is 3. The summed E-state index contributed by atoms with van der Waals surface area (Å²) in [5.41, 5.74) is 2.49. The molecule has 3 heteroatoms. The zero-order valence-corrected chi connectivity index (χ0v) is 9.87. The number of aromatic nitrogens is 2. The van der Waals surface area contributed by atoms with Gasteiger partial charge < -0.3 is 5.32 Å². The molecule has 1 unspecified atom stereocenters. The normalized spacial score (nSPS) is 25.7. The van der Waals surface area contributed by atoms with Gasteiger partial charge >= 0.3 is 0 Å². The van der Waals surface area contributed by atoms with Crippen LogP contribution in [-0.2, 0) is 0 Å². The van der Waals surface area contributed by atoms with E-state index in [9.17, 15) is 0 Å². The highest BCUT2D eigenvalue weighted by atomic mass is 15.0. The van der Waals surface area contributed by atoms with Crippen LogP contribution >= 0.6 is 0 Å². The molecular weight excluding hydrogens is 198 g/mol. The van der Waals surface area contributed by atoms with Gasteiger partial charge in [0.2, 0.25) is 0 Å². The van der Waals surface area contributed by atoms with E-state index in [1.165, 1.54) is 43.5 Å². The highest BCUT2D eigenvalue weighted by Gasteiger charge is 2.27. The lowest BCUT2D eigenvalue weighted by atomic mass is 10.0. The maximum absolute atomic E-state index is 4.59. The Morgan fingerprint density at radius 3 is 2.62 bits per heavy atom. The summed E-state index contributed by atoms with van der Waals surface area (Å²) in [4.78, 5) is 9.15. The van der Waals surface area contributed by atoms with E-state index in [-0.39, 0.29) is 0 Å². The van der Waals surface area contributed by atoms with Crippen LogP contribution in [-0.4, -0.2) is 16.5 Å². The highest BCUT2D eigenvalue weighted by Crippen LogP contribution is 2.39. The Labute approximate surface area is 96.7 Å². The molecule has 1 atom stereocenters. The molecule has 16 heavy (non-hydrogen) atoms. The molecule has 0 bridgehead atoms. The van der Waals surface area contributed by atoms with Crippen LogP contribution in [0.5, 0.6) is 0 Å². The molecule has 0 spiro atoms. The third-order valence-electron chi connectivity index (χ3n) is 3.54. The van der Waals surface area contributed by atoms with E-state index < -0.39 is 0 Å². The smallest absolute Gasteiger partial charge is 0.125 e. The van der Waals surface area contributed by atoms with Crippen molar-refractivity contribution in [3.8, 4) is 0 Å². The number of hydrogen-bond donors (Lipinski definition) is 1. The van der Waals surface area contributed by atoms with E-state index >= 15 is 0 Å². The van der Waals surface area contributed by atoms with Crippen LogP contribution in [0.2, 0.25) is 0 Å². The molecule has 0 amide bonds. The van der Waals surface area contributed by atoms with Gasteiger partial charge in [0.05, 0.1) is 5.69 Å². The van der Waals surface area contributed by atoms with Crippen molar-refractivity contribution >= 4 is 0 Å². The predicted molar refractivity (Wildman–Crippen MR) is 63.3 cm³/mol. The van der Waals surface area contributed by atoms with Gasteiger partial charge in [-0.15, -0.1) is 0 Å². The molecule has 86 valence electrons. The van der Waals surface area contributed by atoms with Gasteiger partial charge in [-0.1, -0.05) is 6.42 Å². The largest absolute Gasteiger partial charge is 0.309 e. The zero-order valence-electron chi connectivity index (χ0n) is 9.87. The Hall–Kier alpha value is -0.960. The van der Waals surface area contributed by atoms with Crippen LogP contribution in [0.4, 0.5) is 0 Å². The standard InChI is InChI=1S/C13H19N3/c1-9-15-12(10-5-6-10)8-13(16-9)11-4-2-3-7-14-11/h8,10-11,14H,2-7H2,1H3. The molecule has 1 aromatic heterocycles. The molecule has 2 aliphatic rings. The van der Waals surface area contributed by atoms with Crippen LogP contribution in [0.15, 0.2) is 6.07 Å². The first-order valence-electron chi connectivity index (χ1n) is 6.42. The first-order chi connectivity index (χ1) is 7.83. The molecule has 0 radical (unpaired) electrons. The fourth-order valence-electron chi connectivity index (χ4n) is 2.49. The second kappa shape index (κ2) is 4.13. The van der Waals surface area contributed by atoms with Crippen molar-refractivity contribution in [2.75, 3.05) is 6.54 Å². The molecule has 0 aromatic carbocycles. The van der Waals surface area contributed by atoms with Crippen molar-refractivity contribution in [1.29, 1.82) is 0 Å². The average molecular weight is 217 g/mol. The van der Waals surface area contributed by atoms with Crippen LogP contribution in [0, 0.1) is 6.92 Å². The van der Waals surface area contributed by atoms with Gasteiger partial charge in [-0.05, 0) is 45.2 Å². The number of piperidine rings is 1. The zero-order chi connectivity index (χ0) is 11.0. The van der Waals surface area contributed by atoms with Crippen LogP contribution in [0.3, 0.4) is 0 Å².